The summed E-state index contributed by atoms with van der Waals surface area (Å²) in [4.78, 5) is 6.90. The minimum Gasteiger partial charge on any atom is -0.497 e. The highest BCUT2D eigenvalue weighted by Gasteiger charge is 2.24. The van der Waals surface area contributed by atoms with Crippen LogP contribution in [-0.4, -0.2) is 64.4 Å². The Morgan fingerprint density at radius 1 is 1.26 bits per heavy atom. The summed E-state index contributed by atoms with van der Waals surface area (Å²) in [7, 11) is 3.54. The lowest BCUT2D eigenvalue weighted by Crippen LogP contribution is -2.43. The van der Waals surface area contributed by atoms with Crippen LogP contribution in [0.1, 0.15) is 37.3 Å². The van der Waals surface area contributed by atoms with Crippen LogP contribution in [0.25, 0.3) is 0 Å². The van der Waals surface area contributed by atoms with E-state index >= 15 is 0 Å². The van der Waals surface area contributed by atoms with Gasteiger partial charge in [-0.2, -0.15) is 0 Å². The van der Waals surface area contributed by atoms with Gasteiger partial charge in [0, 0.05) is 26.7 Å². The van der Waals surface area contributed by atoms with Gasteiger partial charge in [0.25, 0.3) is 0 Å². The smallest absolute Gasteiger partial charge is 0.191 e. The first-order chi connectivity index (χ1) is 13.3. The molecule has 1 aliphatic heterocycles. The summed E-state index contributed by atoms with van der Waals surface area (Å²) >= 11 is 0. The Hall–Kier alpha value is -1.79. The Bertz CT molecular complexity index is 598. The van der Waals surface area contributed by atoms with Gasteiger partial charge in [-0.3, -0.25) is 9.89 Å². The molecule has 1 saturated carbocycles. The molecule has 6 nitrogen and oxygen atoms in total. The third kappa shape index (κ3) is 6.40. The van der Waals surface area contributed by atoms with E-state index in [1.165, 1.54) is 31.2 Å². The van der Waals surface area contributed by atoms with Gasteiger partial charge in [-0.05, 0) is 62.4 Å². The first-order valence-electron chi connectivity index (χ1n) is 10.2. The fourth-order valence-electron chi connectivity index (χ4n) is 3.55. The van der Waals surface area contributed by atoms with Crippen molar-refractivity contribution >= 4 is 5.96 Å². The minimum atomic E-state index is 0.312. The third-order valence-corrected chi connectivity index (χ3v) is 5.34. The lowest BCUT2D eigenvalue weighted by atomic mass is 10.1. The highest BCUT2D eigenvalue weighted by atomic mass is 16.5. The van der Waals surface area contributed by atoms with Gasteiger partial charge in [-0.25, -0.2) is 0 Å². The topological polar surface area (TPSA) is 58.1 Å². The van der Waals surface area contributed by atoms with Crippen molar-refractivity contribution in [2.75, 3.05) is 53.6 Å². The Labute approximate surface area is 163 Å². The average molecular weight is 375 g/mol. The molecule has 6 heteroatoms. The number of methoxy groups -OCH3 is 1. The average Bonchev–Trinajstić information content (AvgIpc) is 3.38. The lowest BCUT2D eigenvalue weighted by molar-refractivity contribution is 0.129. The van der Waals surface area contributed by atoms with Gasteiger partial charge in [-0.15, -0.1) is 0 Å². The van der Waals surface area contributed by atoms with Gasteiger partial charge in [0.1, 0.15) is 5.75 Å². The minimum absolute atomic E-state index is 0.312. The molecule has 0 radical (unpaired) electrons. The Kier molecular flexibility index (Phi) is 7.78. The molecule has 1 aliphatic carbocycles. The van der Waals surface area contributed by atoms with Crippen molar-refractivity contribution in [1.82, 2.24) is 15.5 Å². The predicted octanol–water partition coefficient (Wildman–Crippen LogP) is 2.42. The zero-order valence-corrected chi connectivity index (χ0v) is 16.7. The first-order valence-corrected chi connectivity index (χ1v) is 10.2. The van der Waals surface area contributed by atoms with E-state index in [1.54, 1.807) is 7.11 Å². The quantitative estimate of drug-likeness (QED) is 0.374. The summed E-state index contributed by atoms with van der Waals surface area (Å²) in [6.45, 7) is 5.51. The number of nitrogens with one attached hydrogen (secondary N) is 2. The van der Waals surface area contributed by atoms with Crippen molar-refractivity contribution in [2.24, 2.45) is 10.9 Å². The van der Waals surface area contributed by atoms with Gasteiger partial charge < -0.3 is 20.1 Å². The second-order valence-electron chi connectivity index (χ2n) is 7.43. The molecule has 150 valence electrons. The summed E-state index contributed by atoms with van der Waals surface area (Å²) in [6.07, 6.45) is 5.20. The molecule has 1 unspecified atom stereocenters. The van der Waals surface area contributed by atoms with Gasteiger partial charge in [0.2, 0.25) is 0 Å². The molecule has 1 atom stereocenters. The van der Waals surface area contributed by atoms with Crippen LogP contribution in [0.5, 0.6) is 5.75 Å². The number of hydrogen-bond donors (Lipinski definition) is 2. The molecule has 2 N–H and O–H groups in total. The van der Waals surface area contributed by atoms with Gasteiger partial charge >= 0.3 is 0 Å². The normalized spacial score (nSPS) is 19.1. The number of likely N-dealkylation sites (tertiary alicyclic amines) is 1. The van der Waals surface area contributed by atoms with Crippen molar-refractivity contribution < 1.29 is 9.47 Å². The summed E-state index contributed by atoms with van der Waals surface area (Å²) in [5, 5.41) is 6.85. The van der Waals surface area contributed by atoms with Crippen LogP contribution >= 0.6 is 0 Å². The molecule has 3 rings (SSSR count). The fourth-order valence-corrected chi connectivity index (χ4v) is 3.55. The monoisotopic (exact) mass is 374 g/mol. The molecule has 0 amide bonds. The molecule has 0 spiro atoms. The molecule has 2 aliphatic rings. The molecule has 1 aromatic rings. The summed E-state index contributed by atoms with van der Waals surface area (Å²) in [5.74, 6) is 2.55. The Morgan fingerprint density at radius 2 is 2.07 bits per heavy atom. The molecule has 1 heterocycles. The van der Waals surface area contributed by atoms with Crippen LogP contribution in [0, 0.1) is 5.92 Å². The molecular weight excluding hydrogens is 340 g/mol. The molecule has 1 aromatic carbocycles. The maximum atomic E-state index is 5.69. The van der Waals surface area contributed by atoms with E-state index in [9.17, 15) is 0 Å². The standard InChI is InChI=1S/C21H34N4O2/c1-22-21(23-10-13-27-16-17-8-9-17)24-15-20(25-11-3-4-12-25)18-6-5-7-19(14-18)26-2/h5-7,14,17,20H,3-4,8-13,15-16H2,1-2H3,(H2,22,23,24). The van der Waals surface area contributed by atoms with Crippen molar-refractivity contribution in [2.45, 2.75) is 31.7 Å². The van der Waals surface area contributed by atoms with E-state index in [0.29, 0.717) is 6.04 Å². The third-order valence-electron chi connectivity index (χ3n) is 5.34. The van der Waals surface area contributed by atoms with E-state index in [2.05, 4.69) is 38.7 Å². The van der Waals surface area contributed by atoms with E-state index in [-0.39, 0.29) is 0 Å². The van der Waals surface area contributed by atoms with Crippen molar-refractivity contribution in [3.63, 3.8) is 0 Å². The van der Waals surface area contributed by atoms with Crippen LogP contribution in [0.3, 0.4) is 0 Å². The summed E-state index contributed by atoms with van der Waals surface area (Å²) in [5.41, 5.74) is 1.28. The second-order valence-corrected chi connectivity index (χ2v) is 7.43. The number of rotatable bonds is 10. The highest BCUT2D eigenvalue weighted by Crippen LogP contribution is 2.28. The maximum absolute atomic E-state index is 5.69. The zero-order valence-electron chi connectivity index (χ0n) is 16.7. The second kappa shape index (κ2) is 10.5. The number of ether oxygens (including phenoxy) is 2. The van der Waals surface area contributed by atoms with Crippen molar-refractivity contribution in [3.8, 4) is 5.75 Å². The number of hydrogen-bond acceptors (Lipinski definition) is 4. The Morgan fingerprint density at radius 3 is 2.78 bits per heavy atom. The number of nitrogens with zero attached hydrogens (tertiary/aromatic N) is 2. The van der Waals surface area contributed by atoms with Gasteiger partial charge in [0.15, 0.2) is 5.96 Å². The van der Waals surface area contributed by atoms with E-state index in [1.807, 2.05) is 13.1 Å². The first kappa shape index (κ1) is 20.0. The SMILES string of the molecule is CN=C(NCCOCC1CC1)NCC(c1cccc(OC)c1)N1CCCC1. The van der Waals surface area contributed by atoms with E-state index in [0.717, 1.165) is 57.0 Å². The summed E-state index contributed by atoms with van der Waals surface area (Å²) < 4.78 is 11.1. The number of aliphatic imine (C=N–C) groups is 1. The van der Waals surface area contributed by atoms with Crippen LogP contribution in [0.15, 0.2) is 29.3 Å². The van der Waals surface area contributed by atoms with E-state index in [4.69, 9.17) is 9.47 Å². The molecule has 1 saturated heterocycles. The highest BCUT2D eigenvalue weighted by molar-refractivity contribution is 5.79. The maximum Gasteiger partial charge on any atom is 0.191 e. The fraction of sp³-hybridized carbons (Fsp3) is 0.667. The summed E-state index contributed by atoms with van der Waals surface area (Å²) in [6, 6.07) is 8.72. The van der Waals surface area contributed by atoms with Crippen molar-refractivity contribution in [3.05, 3.63) is 29.8 Å². The molecule has 2 fully saturated rings. The molecule has 27 heavy (non-hydrogen) atoms. The van der Waals surface area contributed by atoms with Crippen molar-refractivity contribution in [1.29, 1.82) is 0 Å². The number of guanidine groups is 1. The zero-order chi connectivity index (χ0) is 18.9. The van der Waals surface area contributed by atoms with Crippen LogP contribution in [0.4, 0.5) is 0 Å². The molecule has 0 aromatic heterocycles. The largest absolute Gasteiger partial charge is 0.497 e. The van der Waals surface area contributed by atoms with Gasteiger partial charge in [-0.1, -0.05) is 12.1 Å². The predicted molar refractivity (Wildman–Crippen MR) is 109 cm³/mol. The van der Waals surface area contributed by atoms with E-state index < -0.39 is 0 Å². The molecule has 0 bridgehead atoms. The number of benzene rings is 1. The van der Waals surface area contributed by atoms with Crippen LogP contribution in [-0.2, 0) is 4.74 Å². The molecular formula is C21H34N4O2. The van der Waals surface area contributed by atoms with Crippen LogP contribution < -0.4 is 15.4 Å². The Balaban J connectivity index is 1.51. The van der Waals surface area contributed by atoms with Gasteiger partial charge in [0.05, 0.1) is 19.8 Å². The lowest BCUT2D eigenvalue weighted by Gasteiger charge is -2.29. The van der Waals surface area contributed by atoms with Crippen LogP contribution in [0.2, 0.25) is 0 Å².